The highest BCUT2D eigenvalue weighted by molar-refractivity contribution is 6.23. The summed E-state index contributed by atoms with van der Waals surface area (Å²) in [5.74, 6) is -0.901. The number of aryl methyl sites for hydroxylation is 2. The van der Waals surface area contributed by atoms with Crippen molar-refractivity contribution in [3.05, 3.63) is 29.3 Å². The number of amides is 2. The van der Waals surface area contributed by atoms with Crippen LogP contribution in [0.15, 0.2) is 18.2 Å². The van der Waals surface area contributed by atoms with E-state index in [0.29, 0.717) is 25.8 Å². The number of benzene rings is 1. The molecule has 1 heterocycles. The van der Waals surface area contributed by atoms with E-state index < -0.39 is 5.91 Å². The molecule has 2 N–H and O–H groups in total. The first kappa shape index (κ1) is 17.8. The smallest absolute Gasteiger partial charge is 0.286 e. The second-order valence-electron chi connectivity index (χ2n) is 5.18. The van der Waals surface area contributed by atoms with E-state index in [0.717, 1.165) is 18.4 Å². The van der Waals surface area contributed by atoms with Gasteiger partial charge in [-0.1, -0.05) is 6.07 Å². The van der Waals surface area contributed by atoms with E-state index in [4.69, 9.17) is 5.11 Å². The summed E-state index contributed by atoms with van der Waals surface area (Å²) in [7, 11) is 1.00. The Hall–Kier alpha value is -2.21. The fourth-order valence-corrected chi connectivity index (χ4v) is 2.31. The topological polar surface area (TPSA) is 86.7 Å². The van der Waals surface area contributed by atoms with Crippen molar-refractivity contribution in [3.8, 4) is 0 Å². The first-order valence-corrected chi connectivity index (χ1v) is 7.08. The molecule has 1 aliphatic rings. The summed E-state index contributed by atoms with van der Waals surface area (Å²) in [6, 6.07) is 5.75. The van der Waals surface area contributed by atoms with Crippen LogP contribution in [-0.4, -0.2) is 48.3 Å². The molecule has 1 fully saturated rings. The highest BCUT2D eigenvalue weighted by Crippen LogP contribution is 2.20. The highest BCUT2D eigenvalue weighted by atomic mass is 16.2. The number of carbonyl (C=O) groups excluding carboxylic acids is 3. The van der Waals surface area contributed by atoms with Gasteiger partial charge >= 0.3 is 0 Å². The molecular formula is C16H22N2O4. The van der Waals surface area contributed by atoms with Crippen molar-refractivity contribution in [2.45, 2.75) is 20.3 Å². The average Bonchev–Trinajstić information content (AvgIpc) is 3.02. The van der Waals surface area contributed by atoms with Gasteiger partial charge in [0, 0.05) is 25.9 Å². The molecule has 22 heavy (non-hydrogen) atoms. The molecule has 6 heteroatoms. The third-order valence-corrected chi connectivity index (χ3v) is 3.75. The second-order valence-corrected chi connectivity index (χ2v) is 5.18. The van der Waals surface area contributed by atoms with Crippen molar-refractivity contribution in [3.63, 3.8) is 0 Å². The van der Waals surface area contributed by atoms with Gasteiger partial charge in [0.25, 0.3) is 5.91 Å². The van der Waals surface area contributed by atoms with Crippen LogP contribution in [0.4, 0.5) is 5.69 Å². The lowest BCUT2D eigenvalue weighted by Crippen LogP contribution is -2.32. The Morgan fingerprint density at radius 1 is 1.27 bits per heavy atom. The lowest BCUT2D eigenvalue weighted by molar-refractivity contribution is -0.138. The Labute approximate surface area is 130 Å². The number of nitrogens with zero attached hydrogens (tertiary/aromatic N) is 1. The molecule has 1 saturated heterocycles. The van der Waals surface area contributed by atoms with Crippen molar-refractivity contribution in [1.29, 1.82) is 0 Å². The van der Waals surface area contributed by atoms with Gasteiger partial charge in [0.05, 0.1) is 5.92 Å². The number of aldehydes is 1. The molecule has 1 aliphatic heterocycles. The highest BCUT2D eigenvalue weighted by Gasteiger charge is 2.30. The van der Waals surface area contributed by atoms with Crippen LogP contribution < -0.4 is 5.32 Å². The van der Waals surface area contributed by atoms with Crippen LogP contribution in [-0.2, 0) is 14.4 Å². The molecule has 6 nitrogen and oxygen atoms in total. The molecule has 1 atom stereocenters. The van der Waals surface area contributed by atoms with Crippen molar-refractivity contribution < 1.29 is 19.5 Å². The molecule has 120 valence electrons. The Balaban J connectivity index is 0.00000116. The Bertz CT molecular complexity index is 557. The Morgan fingerprint density at radius 2 is 1.95 bits per heavy atom. The van der Waals surface area contributed by atoms with Gasteiger partial charge in [-0.05, 0) is 43.5 Å². The van der Waals surface area contributed by atoms with Crippen LogP contribution in [0.3, 0.4) is 0 Å². The molecule has 0 spiro atoms. The zero-order valence-electron chi connectivity index (χ0n) is 13.1. The van der Waals surface area contributed by atoms with Gasteiger partial charge in [-0.2, -0.15) is 0 Å². The third kappa shape index (κ3) is 4.39. The Morgan fingerprint density at radius 3 is 2.55 bits per heavy atom. The van der Waals surface area contributed by atoms with Gasteiger partial charge < -0.3 is 15.3 Å². The number of aliphatic hydroxyl groups excluding tert-OH is 1. The van der Waals surface area contributed by atoms with Crippen molar-refractivity contribution in [2.24, 2.45) is 5.92 Å². The van der Waals surface area contributed by atoms with E-state index >= 15 is 0 Å². The number of carbonyl (C=O) groups is 3. The van der Waals surface area contributed by atoms with Crippen LogP contribution in [0.1, 0.15) is 17.5 Å². The van der Waals surface area contributed by atoms with E-state index in [1.54, 1.807) is 0 Å². The zero-order chi connectivity index (χ0) is 16.7. The van der Waals surface area contributed by atoms with E-state index in [-0.39, 0.29) is 11.8 Å². The lowest BCUT2D eigenvalue weighted by Gasteiger charge is -2.14. The summed E-state index contributed by atoms with van der Waals surface area (Å²) in [6.45, 7) is 4.78. The van der Waals surface area contributed by atoms with Crippen molar-refractivity contribution in [2.75, 3.05) is 25.5 Å². The Kier molecular flexibility index (Phi) is 6.72. The van der Waals surface area contributed by atoms with Gasteiger partial charge in [-0.15, -0.1) is 0 Å². The number of hydrogen-bond donors (Lipinski definition) is 2. The molecule has 2 amide bonds. The largest absolute Gasteiger partial charge is 0.400 e. The van der Waals surface area contributed by atoms with Gasteiger partial charge in [0.1, 0.15) is 0 Å². The summed E-state index contributed by atoms with van der Waals surface area (Å²) in [6.07, 6.45) is 0.889. The molecule has 0 bridgehead atoms. The van der Waals surface area contributed by atoms with Gasteiger partial charge in [0.15, 0.2) is 0 Å². The predicted molar refractivity (Wildman–Crippen MR) is 83.4 cm³/mol. The van der Waals surface area contributed by atoms with Crippen LogP contribution in [0.25, 0.3) is 0 Å². The molecule has 0 radical (unpaired) electrons. The van der Waals surface area contributed by atoms with Crippen LogP contribution in [0.2, 0.25) is 0 Å². The number of aliphatic hydroxyl groups is 1. The monoisotopic (exact) mass is 306 g/mol. The fraction of sp³-hybridized carbons (Fsp3) is 0.438. The summed E-state index contributed by atoms with van der Waals surface area (Å²) in [4.78, 5) is 35.2. The van der Waals surface area contributed by atoms with E-state index in [1.807, 2.05) is 32.0 Å². The average molecular weight is 306 g/mol. The minimum atomic E-state index is -0.550. The van der Waals surface area contributed by atoms with E-state index in [1.165, 1.54) is 10.5 Å². The minimum Gasteiger partial charge on any atom is -0.400 e. The summed E-state index contributed by atoms with van der Waals surface area (Å²) in [5, 5.41) is 9.86. The van der Waals surface area contributed by atoms with Crippen LogP contribution >= 0.6 is 0 Å². The number of rotatable bonds is 3. The normalized spacial score (nSPS) is 16.5. The molecule has 1 aromatic rings. The second kappa shape index (κ2) is 8.29. The van der Waals surface area contributed by atoms with Gasteiger partial charge in [-0.25, -0.2) is 0 Å². The SMILES string of the molecule is CO.Cc1ccc(NC(=O)C2CCN(C(=O)C=O)C2)cc1C. The minimum absolute atomic E-state index is 0.102. The summed E-state index contributed by atoms with van der Waals surface area (Å²) < 4.78 is 0. The van der Waals surface area contributed by atoms with Crippen LogP contribution in [0, 0.1) is 19.8 Å². The van der Waals surface area contributed by atoms with Gasteiger partial charge in [-0.3, -0.25) is 14.4 Å². The summed E-state index contributed by atoms with van der Waals surface area (Å²) >= 11 is 0. The van der Waals surface area contributed by atoms with Gasteiger partial charge in [0.2, 0.25) is 12.2 Å². The van der Waals surface area contributed by atoms with Crippen molar-refractivity contribution >= 4 is 23.8 Å². The van der Waals surface area contributed by atoms with Crippen molar-refractivity contribution in [1.82, 2.24) is 4.90 Å². The van der Waals surface area contributed by atoms with E-state index in [2.05, 4.69) is 5.32 Å². The first-order chi connectivity index (χ1) is 10.5. The van der Waals surface area contributed by atoms with E-state index in [9.17, 15) is 14.4 Å². The zero-order valence-corrected chi connectivity index (χ0v) is 13.1. The number of anilines is 1. The molecular weight excluding hydrogens is 284 g/mol. The number of hydrogen-bond acceptors (Lipinski definition) is 4. The molecule has 0 aliphatic carbocycles. The fourth-order valence-electron chi connectivity index (χ4n) is 2.31. The first-order valence-electron chi connectivity index (χ1n) is 7.08. The number of nitrogens with one attached hydrogen (secondary N) is 1. The third-order valence-electron chi connectivity index (χ3n) is 3.75. The molecule has 1 unspecified atom stereocenters. The molecule has 1 aromatic carbocycles. The standard InChI is InChI=1S/C15H18N2O3.CH4O/c1-10-3-4-13(7-11(10)2)16-15(20)12-5-6-17(8-12)14(19)9-18;1-2/h3-4,7,9,12H,5-6,8H2,1-2H3,(H,16,20);2H,1H3. The maximum atomic E-state index is 12.1. The molecule has 2 rings (SSSR count). The molecule has 0 saturated carbocycles. The summed E-state index contributed by atoms with van der Waals surface area (Å²) in [5.41, 5.74) is 3.05. The molecule has 0 aromatic heterocycles. The van der Waals surface area contributed by atoms with Crippen LogP contribution in [0.5, 0.6) is 0 Å². The maximum Gasteiger partial charge on any atom is 0.286 e. The number of likely N-dealkylation sites (tertiary alicyclic amines) is 1. The lowest BCUT2D eigenvalue weighted by atomic mass is 10.1. The maximum absolute atomic E-state index is 12.1. The quantitative estimate of drug-likeness (QED) is 0.641. The predicted octanol–water partition coefficient (Wildman–Crippen LogP) is 0.898.